The number of nitrogens with one attached hydrogen (secondary N) is 2. The molecule has 5 nitrogen and oxygen atoms in total. The van der Waals surface area contributed by atoms with Gasteiger partial charge in [-0.15, -0.1) is 0 Å². The lowest BCUT2D eigenvalue weighted by Crippen LogP contribution is -2.20. The molecule has 3 rings (SSSR count). The van der Waals surface area contributed by atoms with Crippen molar-refractivity contribution in [1.29, 1.82) is 0 Å². The molecule has 1 fully saturated rings. The summed E-state index contributed by atoms with van der Waals surface area (Å²) in [6.45, 7) is 0. The minimum absolute atomic E-state index is 0.0914. The molecule has 0 aromatic carbocycles. The number of aromatic amines is 1. The summed E-state index contributed by atoms with van der Waals surface area (Å²) in [5, 5.41) is 2.89. The molecule has 0 aliphatic heterocycles. The zero-order valence-corrected chi connectivity index (χ0v) is 10.6. The fourth-order valence-corrected chi connectivity index (χ4v) is 2.44. The number of aromatic nitrogens is 3. The molecule has 0 atom stereocenters. The molecule has 1 amide bonds. The summed E-state index contributed by atoms with van der Waals surface area (Å²) < 4.78 is 0. The van der Waals surface area contributed by atoms with Crippen molar-refractivity contribution < 1.29 is 4.79 Å². The molecule has 2 heterocycles. The Morgan fingerprint density at radius 1 is 1.26 bits per heavy atom. The van der Waals surface area contributed by atoms with Crippen LogP contribution in [0.4, 0.5) is 5.82 Å². The number of nitrogens with zero attached hydrogens (tertiary/aromatic N) is 2. The monoisotopic (exact) mass is 256 g/mol. The minimum Gasteiger partial charge on any atom is -0.323 e. The Morgan fingerprint density at radius 2 is 2.11 bits per heavy atom. The maximum Gasteiger partial charge on any atom is 0.228 e. The maximum absolute atomic E-state index is 12.0. The topological polar surface area (TPSA) is 70.7 Å². The van der Waals surface area contributed by atoms with Gasteiger partial charge in [0, 0.05) is 12.1 Å². The normalized spacial score (nSPS) is 15.6. The van der Waals surface area contributed by atoms with Crippen molar-refractivity contribution in [2.45, 2.75) is 25.7 Å². The number of anilines is 1. The van der Waals surface area contributed by atoms with E-state index in [1.165, 1.54) is 0 Å². The first-order valence-corrected chi connectivity index (χ1v) is 6.60. The first-order chi connectivity index (χ1) is 9.33. The number of carbonyl (C=O) groups excluding carboxylic acids is 1. The Morgan fingerprint density at radius 3 is 2.84 bits per heavy atom. The molecule has 1 aliphatic rings. The van der Waals surface area contributed by atoms with Crippen LogP contribution in [-0.4, -0.2) is 20.9 Å². The molecular weight excluding hydrogens is 240 g/mol. The molecule has 2 N–H and O–H groups in total. The first-order valence-electron chi connectivity index (χ1n) is 6.60. The molecule has 0 unspecified atom stereocenters. The van der Waals surface area contributed by atoms with E-state index in [0.717, 1.165) is 31.4 Å². The SMILES string of the molecule is O=C(Nc1cnc(-c2ccccn2)[nH]1)C1CCCC1. The Labute approximate surface area is 111 Å². The number of imidazole rings is 1. The average molecular weight is 256 g/mol. The van der Waals surface area contributed by atoms with Gasteiger partial charge in [0.25, 0.3) is 0 Å². The van der Waals surface area contributed by atoms with Gasteiger partial charge in [-0.2, -0.15) is 0 Å². The van der Waals surface area contributed by atoms with Crippen LogP contribution in [0, 0.1) is 5.92 Å². The predicted octanol–water partition coefficient (Wildman–Crippen LogP) is 2.60. The van der Waals surface area contributed by atoms with Crippen molar-refractivity contribution >= 4 is 11.7 Å². The van der Waals surface area contributed by atoms with Gasteiger partial charge in [0.05, 0.1) is 6.20 Å². The lowest BCUT2D eigenvalue weighted by Gasteiger charge is -2.07. The molecule has 0 spiro atoms. The Balaban J connectivity index is 1.70. The summed E-state index contributed by atoms with van der Waals surface area (Å²) in [7, 11) is 0. The van der Waals surface area contributed by atoms with E-state index in [0.29, 0.717) is 11.6 Å². The molecule has 1 aliphatic carbocycles. The van der Waals surface area contributed by atoms with Gasteiger partial charge >= 0.3 is 0 Å². The van der Waals surface area contributed by atoms with Crippen LogP contribution in [0.3, 0.4) is 0 Å². The van der Waals surface area contributed by atoms with Gasteiger partial charge in [0.2, 0.25) is 5.91 Å². The summed E-state index contributed by atoms with van der Waals surface area (Å²) in [4.78, 5) is 23.5. The van der Waals surface area contributed by atoms with Gasteiger partial charge in [0.1, 0.15) is 11.5 Å². The highest BCUT2D eigenvalue weighted by atomic mass is 16.1. The van der Waals surface area contributed by atoms with Crippen LogP contribution >= 0.6 is 0 Å². The smallest absolute Gasteiger partial charge is 0.228 e. The highest BCUT2D eigenvalue weighted by Gasteiger charge is 2.23. The number of rotatable bonds is 3. The molecule has 2 aromatic rings. The molecule has 19 heavy (non-hydrogen) atoms. The van der Waals surface area contributed by atoms with Gasteiger partial charge in [-0.25, -0.2) is 4.98 Å². The third kappa shape index (κ3) is 2.65. The second-order valence-electron chi connectivity index (χ2n) is 4.83. The van der Waals surface area contributed by atoms with Gasteiger partial charge in [-0.3, -0.25) is 9.78 Å². The number of H-pyrrole nitrogens is 1. The first kappa shape index (κ1) is 11.9. The van der Waals surface area contributed by atoms with E-state index in [2.05, 4.69) is 20.3 Å². The van der Waals surface area contributed by atoms with E-state index >= 15 is 0 Å². The Kier molecular flexibility index (Phi) is 3.27. The molecule has 1 saturated carbocycles. The Hall–Kier alpha value is -2.17. The van der Waals surface area contributed by atoms with Gasteiger partial charge in [-0.05, 0) is 25.0 Å². The summed E-state index contributed by atoms with van der Waals surface area (Å²) in [5.74, 6) is 1.55. The van der Waals surface area contributed by atoms with Crippen molar-refractivity contribution in [2.75, 3.05) is 5.32 Å². The van der Waals surface area contributed by atoms with Crippen LogP contribution in [0.25, 0.3) is 11.5 Å². The predicted molar refractivity (Wildman–Crippen MR) is 72.4 cm³/mol. The Bertz CT molecular complexity index is 558. The fourth-order valence-electron chi connectivity index (χ4n) is 2.44. The van der Waals surface area contributed by atoms with Crippen molar-refractivity contribution in [3.63, 3.8) is 0 Å². The van der Waals surface area contributed by atoms with Gasteiger partial charge in [-0.1, -0.05) is 18.9 Å². The number of hydrogen-bond acceptors (Lipinski definition) is 3. The van der Waals surface area contributed by atoms with Crippen molar-refractivity contribution in [2.24, 2.45) is 5.92 Å². The highest BCUT2D eigenvalue weighted by molar-refractivity contribution is 5.91. The molecule has 0 bridgehead atoms. The van der Waals surface area contributed by atoms with Crippen LogP contribution in [-0.2, 0) is 4.79 Å². The van der Waals surface area contributed by atoms with E-state index in [9.17, 15) is 4.79 Å². The van der Waals surface area contributed by atoms with Crippen LogP contribution in [0.2, 0.25) is 0 Å². The maximum atomic E-state index is 12.0. The van der Waals surface area contributed by atoms with E-state index < -0.39 is 0 Å². The summed E-state index contributed by atoms with van der Waals surface area (Å²) in [6, 6.07) is 5.64. The van der Waals surface area contributed by atoms with Crippen LogP contribution in [0.5, 0.6) is 0 Å². The molecule has 0 radical (unpaired) electrons. The summed E-state index contributed by atoms with van der Waals surface area (Å²) in [6.07, 6.45) is 7.64. The van der Waals surface area contributed by atoms with Crippen molar-refractivity contribution in [1.82, 2.24) is 15.0 Å². The second-order valence-corrected chi connectivity index (χ2v) is 4.83. The summed E-state index contributed by atoms with van der Waals surface area (Å²) in [5.41, 5.74) is 0.767. The average Bonchev–Trinajstić information content (AvgIpc) is 3.11. The molecule has 2 aromatic heterocycles. The zero-order chi connectivity index (χ0) is 13.1. The van der Waals surface area contributed by atoms with Crippen LogP contribution in [0.1, 0.15) is 25.7 Å². The largest absolute Gasteiger partial charge is 0.323 e. The minimum atomic E-state index is 0.0914. The zero-order valence-electron chi connectivity index (χ0n) is 10.6. The number of hydrogen-bond donors (Lipinski definition) is 2. The lowest BCUT2D eigenvalue weighted by atomic mass is 10.1. The number of carbonyl (C=O) groups is 1. The standard InChI is InChI=1S/C14H16N4O/c19-14(10-5-1-2-6-10)18-12-9-16-13(17-12)11-7-3-4-8-15-11/h3-4,7-10H,1-2,5-6H2,(H,16,17)(H,18,19). The van der Waals surface area contributed by atoms with Crippen LogP contribution < -0.4 is 5.32 Å². The third-order valence-electron chi connectivity index (χ3n) is 3.47. The van der Waals surface area contributed by atoms with E-state index in [1.807, 2.05) is 18.2 Å². The molecule has 0 saturated heterocycles. The second kappa shape index (κ2) is 5.22. The van der Waals surface area contributed by atoms with E-state index in [1.54, 1.807) is 12.4 Å². The third-order valence-corrected chi connectivity index (χ3v) is 3.47. The van der Waals surface area contributed by atoms with E-state index in [4.69, 9.17) is 0 Å². The van der Waals surface area contributed by atoms with Crippen molar-refractivity contribution in [3.05, 3.63) is 30.6 Å². The van der Waals surface area contributed by atoms with Gasteiger partial charge in [0.15, 0.2) is 5.82 Å². The quantitative estimate of drug-likeness (QED) is 0.886. The van der Waals surface area contributed by atoms with Crippen LogP contribution in [0.15, 0.2) is 30.6 Å². The molecule has 5 heteroatoms. The molecular formula is C14H16N4O. The highest BCUT2D eigenvalue weighted by Crippen LogP contribution is 2.26. The number of amides is 1. The fraction of sp³-hybridized carbons (Fsp3) is 0.357. The van der Waals surface area contributed by atoms with E-state index in [-0.39, 0.29) is 11.8 Å². The molecule has 98 valence electrons. The number of pyridine rings is 1. The lowest BCUT2D eigenvalue weighted by molar-refractivity contribution is -0.119. The van der Waals surface area contributed by atoms with Gasteiger partial charge < -0.3 is 10.3 Å². The summed E-state index contributed by atoms with van der Waals surface area (Å²) >= 11 is 0. The van der Waals surface area contributed by atoms with Crippen molar-refractivity contribution in [3.8, 4) is 11.5 Å².